The lowest BCUT2D eigenvalue weighted by molar-refractivity contribution is 0.0132. The molecule has 0 spiro atoms. The zero-order chi connectivity index (χ0) is 19.1. The first-order valence-corrected chi connectivity index (χ1v) is 8.77. The Balaban J connectivity index is 1.78. The highest BCUT2D eigenvalue weighted by molar-refractivity contribution is 5.67. The number of amides is 1. The molecular weight excluding hydrogens is 330 g/mol. The third-order valence-corrected chi connectivity index (χ3v) is 4.49. The number of hydrogen-bond donors (Lipinski definition) is 3. The first kappa shape index (κ1) is 19.9. The summed E-state index contributed by atoms with van der Waals surface area (Å²) < 4.78 is 5.11. The maximum Gasteiger partial charge on any atom is 0.407 e. The van der Waals surface area contributed by atoms with Crippen molar-refractivity contribution >= 4 is 6.09 Å². The number of alkyl carbamates (subject to hydrolysis) is 1. The minimum atomic E-state index is -0.989. The second kappa shape index (κ2) is 9.36. The highest BCUT2D eigenvalue weighted by Gasteiger charge is 2.20. The fraction of sp³-hybridized carbons (Fsp3) is 0.381. The lowest BCUT2D eigenvalue weighted by Gasteiger charge is -2.21. The van der Waals surface area contributed by atoms with Gasteiger partial charge in [-0.15, -0.1) is 0 Å². The summed E-state index contributed by atoms with van der Waals surface area (Å²) in [5.74, 6) is 0. The summed E-state index contributed by atoms with van der Waals surface area (Å²) >= 11 is 0. The van der Waals surface area contributed by atoms with Crippen molar-refractivity contribution < 1.29 is 19.7 Å². The average molecular weight is 357 g/mol. The third-order valence-electron chi connectivity index (χ3n) is 4.49. The van der Waals surface area contributed by atoms with E-state index in [1.54, 1.807) is 0 Å². The largest absolute Gasteiger partial charge is 0.445 e. The summed E-state index contributed by atoms with van der Waals surface area (Å²) in [5, 5.41) is 23.2. The Hall–Kier alpha value is -2.37. The van der Waals surface area contributed by atoms with Gasteiger partial charge in [-0.1, -0.05) is 42.5 Å². The molecule has 0 aliphatic rings. The SMILES string of the molecule is Cc1cc(C)c(C(O)C(O)CCNC(=O)OCc2ccccc2)cc1C. The quantitative estimate of drug-likeness (QED) is 0.710. The normalized spacial score (nSPS) is 13.1. The van der Waals surface area contributed by atoms with Crippen LogP contribution in [0.4, 0.5) is 4.79 Å². The molecule has 5 nitrogen and oxygen atoms in total. The summed E-state index contributed by atoms with van der Waals surface area (Å²) in [6.45, 7) is 6.31. The van der Waals surface area contributed by atoms with Gasteiger partial charge in [-0.05, 0) is 55.0 Å². The van der Waals surface area contributed by atoms with Crippen LogP contribution >= 0.6 is 0 Å². The van der Waals surface area contributed by atoms with Gasteiger partial charge in [0.25, 0.3) is 0 Å². The standard InChI is InChI=1S/C21H27NO4/c1-14-11-16(3)18(12-15(14)2)20(24)19(23)9-10-22-21(25)26-13-17-7-5-4-6-8-17/h4-8,11-12,19-20,23-24H,9-10,13H2,1-3H3,(H,22,25). The molecule has 5 heteroatoms. The van der Waals surface area contributed by atoms with Crippen LogP contribution in [0, 0.1) is 20.8 Å². The molecule has 0 fully saturated rings. The lowest BCUT2D eigenvalue weighted by atomic mass is 9.94. The van der Waals surface area contributed by atoms with Crippen LogP contribution in [0.15, 0.2) is 42.5 Å². The van der Waals surface area contributed by atoms with Crippen molar-refractivity contribution in [3.63, 3.8) is 0 Å². The van der Waals surface area contributed by atoms with E-state index in [1.165, 1.54) is 0 Å². The highest BCUT2D eigenvalue weighted by atomic mass is 16.5. The molecule has 2 aromatic carbocycles. The van der Waals surface area contributed by atoms with Crippen LogP contribution in [0.25, 0.3) is 0 Å². The number of benzene rings is 2. The number of hydrogen-bond acceptors (Lipinski definition) is 4. The lowest BCUT2D eigenvalue weighted by Crippen LogP contribution is -2.30. The minimum Gasteiger partial charge on any atom is -0.445 e. The molecule has 0 aliphatic carbocycles. The number of carbonyl (C=O) groups is 1. The predicted molar refractivity (Wildman–Crippen MR) is 101 cm³/mol. The van der Waals surface area contributed by atoms with Crippen molar-refractivity contribution in [1.82, 2.24) is 5.32 Å². The fourth-order valence-corrected chi connectivity index (χ4v) is 2.76. The van der Waals surface area contributed by atoms with Crippen LogP contribution in [-0.4, -0.2) is 29.0 Å². The van der Waals surface area contributed by atoms with Gasteiger partial charge in [0, 0.05) is 6.54 Å². The van der Waals surface area contributed by atoms with Crippen LogP contribution in [0.1, 0.15) is 40.3 Å². The first-order chi connectivity index (χ1) is 12.4. The fourth-order valence-electron chi connectivity index (χ4n) is 2.76. The van der Waals surface area contributed by atoms with Gasteiger partial charge in [0.1, 0.15) is 12.7 Å². The van der Waals surface area contributed by atoms with Crippen LogP contribution in [0.2, 0.25) is 0 Å². The summed E-state index contributed by atoms with van der Waals surface area (Å²) in [6.07, 6.45) is -2.27. The molecule has 26 heavy (non-hydrogen) atoms. The molecule has 140 valence electrons. The topological polar surface area (TPSA) is 78.8 Å². The number of ether oxygens (including phenoxy) is 1. The molecule has 3 N–H and O–H groups in total. The van der Waals surface area contributed by atoms with Crippen LogP contribution < -0.4 is 5.32 Å². The molecule has 0 aromatic heterocycles. The van der Waals surface area contributed by atoms with E-state index in [4.69, 9.17) is 4.74 Å². The number of nitrogens with one attached hydrogen (secondary N) is 1. The van der Waals surface area contributed by atoms with Crippen molar-refractivity contribution in [1.29, 1.82) is 0 Å². The van der Waals surface area contributed by atoms with Crippen LogP contribution in [0.3, 0.4) is 0 Å². The second-order valence-electron chi connectivity index (χ2n) is 6.58. The average Bonchev–Trinajstić information content (AvgIpc) is 2.63. The molecule has 2 atom stereocenters. The summed E-state index contributed by atoms with van der Waals surface area (Å²) in [6, 6.07) is 13.3. The molecule has 2 unspecified atom stereocenters. The molecule has 0 saturated carbocycles. The van der Waals surface area contributed by atoms with E-state index in [-0.39, 0.29) is 19.6 Å². The Labute approximate surface area is 154 Å². The van der Waals surface area contributed by atoms with E-state index in [0.29, 0.717) is 5.56 Å². The first-order valence-electron chi connectivity index (χ1n) is 8.77. The maximum atomic E-state index is 11.7. The van der Waals surface area contributed by atoms with E-state index < -0.39 is 18.3 Å². The Kier molecular flexibility index (Phi) is 7.18. The second-order valence-corrected chi connectivity index (χ2v) is 6.58. The number of aliphatic hydroxyl groups is 2. The highest BCUT2D eigenvalue weighted by Crippen LogP contribution is 2.25. The molecule has 0 heterocycles. The van der Waals surface area contributed by atoms with Crippen LogP contribution in [0.5, 0.6) is 0 Å². The number of aryl methyl sites for hydroxylation is 3. The maximum absolute atomic E-state index is 11.7. The zero-order valence-corrected chi connectivity index (χ0v) is 15.5. The molecule has 0 saturated heterocycles. The van der Waals surface area contributed by atoms with Crippen molar-refractivity contribution in [3.8, 4) is 0 Å². The van der Waals surface area contributed by atoms with Crippen molar-refractivity contribution in [2.75, 3.05) is 6.54 Å². The van der Waals surface area contributed by atoms with Gasteiger partial charge in [-0.2, -0.15) is 0 Å². The van der Waals surface area contributed by atoms with Gasteiger partial charge < -0.3 is 20.3 Å². The van der Waals surface area contributed by atoms with E-state index in [9.17, 15) is 15.0 Å². The van der Waals surface area contributed by atoms with Gasteiger partial charge in [-0.3, -0.25) is 0 Å². The Bertz CT molecular complexity index is 730. The summed E-state index contributed by atoms with van der Waals surface area (Å²) in [5.41, 5.74) is 4.78. The molecule has 0 radical (unpaired) electrons. The Morgan fingerprint density at radius 1 is 1.04 bits per heavy atom. The summed E-state index contributed by atoms with van der Waals surface area (Å²) in [7, 11) is 0. The van der Waals surface area contributed by atoms with Gasteiger partial charge in [0.15, 0.2) is 0 Å². The van der Waals surface area contributed by atoms with E-state index in [1.807, 2.05) is 63.2 Å². The van der Waals surface area contributed by atoms with Crippen molar-refractivity contribution in [2.24, 2.45) is 0 Å². The monoisotopic (exact) mass is 357 g/mol. The van der Waals surface area contributed by atoms with Crippen molar-refractivity contribution in [2.45, 2.75) is 46.0 Å². The van der Waals surface area contributed by atoms with Gasteiger partial charge in [-0.25, -0.2) is 4.79 Å². The minimum absolute atomic E-state index is 0.194. The Morgan fingerprint density at radius 3 is 2.38 bits per heavy atom. The van der Waals surface area contributed by atoms with E-state index in [0.717, 1.165) is 22.3 Å². The number of aliphatic hydroxyl groups excluding tert-OH is 2. The zero-order valence-electron chi connectivity index (χ0n) is 15.5. The van der Waals surface area contributed by atoms with Crippen LogP contribution in [-0.2, 0) is 11.3 Å². The van der Waals surface area contributed by atoms with Gasteiger partial charge in [0.2, 0.25) is 0 Å². The Morgan fingerprint density at radius 2 is 1.69 bits per heavy atom. The molecule has 1 amide bonds. The smallest absolute Gasteiger partial charge is 0.407 e. The number of carbonyl (C=O) groups excluding carboxylic acids is 1. The molecule has 0 aliphatic heterocycles. The van der Waals surface area contributed by atoms with E-state index in [2.05, 4.69) is 5.32 Å². The van der Waals surface area contributed by atoms with E-state index >= 15 is 0 Å². The van der Waals surface area contributed by atoms with Gasteiger partial charge in [0.05, 0.1) is 6.10 Å². The van der Waals surface area contributed by atoms with Crippen molar-refractivity contribution in [3.05, 3.63) is 70.3 Å². The third kappa shape index (κ3) is 5.58. The molecule has 0 bridgehead atoms. The molecule has 2 rings (SSSR count). The summed E-state index contributed by atoms with van der Waals surface area (Å²) in [4.78, 5) is 11.7. The van der Waals surface area contributed by atoms with Gasteiger partial charge >= 0.3 is 6.09 Å². The predicted octanol–water partition coefficient (Wildman–Crippen LogP) is 3.32. The molecule has 2 aromatic rings. The molecular formula is C21H27NO4. The number of rotatable bonds is 7.